The fraction of sp³-hybridized carbons (Fsp3) is 0.625. The topological polar surface area (TPSA) is 45.7 Å². The van der Waals surface area contributed by atoms with Crippen LogP contribution in [0.1, 0.15) is 31.9 Å². The Balaban J connectivity index is 2.19. The van der Waals surface area contributed by atoms with Crippen molar-refractivity contribution >= 4 is 11.9 Å². The Bertz CT molecular complexity index is 689. The van der Waals surface area contributed by atoms with E-state index in [0.717, 1.165) is 0 Å². The lowest BCUT2D eigenvalue weighted by atomic mass is 10.1. The number of alkyl halides is 6. The van der Waals surface area contributed by atoms with E-state index in [2.05, 4.69) is 4.98 Å². The second-order valence-electron chi connectivity index (χ2n) is 7.05. The first kappa shape index (κ1) is 21.1. The fourth-order valence-corrected chi connectivity index (χ4v) is 2.50. The first-order chi connectivity index (χ1) is 12.2. The van der Waals surface area contributed by atoms with Gasteiger partial charge in [-0.25, -0.2) is 9.78 Å². The number of carbonyl (C=O) groups excluding carboxylic acids is 1. The summed E-state index contributed by atoms with van der Waals surface area (Å²) in [5.74, 6) is -0.584. The highest BCUT2D eigenvalue weighted by molar-refractivity contribution is 5.68. The summed E-state index contributed by atoms with van der Waals surface area (Å²) < 4.78 is 83.1. The van der Waals surface area contributed by atoms with Crippen LogP contribution in [0.4, 0.5) is 37.0 Å². The van der Waals surface area contributed by atoms with Crippen molar-refractivity contribution < 1.29 is 35.9 Å². The van der Waals surface area contributed by atoms with E-state index in [-0.39, 0.29) is 32.2 Å². The Hall–Kier alpha value is -2.20. The third kappa shape index (κ3) is 5.39. The summed E-state index contributed by atoms with van der Waals surface area (Å²) in [4.78, 5) is 18.0. The molecule has 152 valence electrons. The van der Waals surface area contributed by atoms with Gasteiger partial charge in [0.1, 0.15) is 11.4 Å². The van der Waals surface area contributed by atoms with Gasteiger partial charge in [0.25, 0.3) is 0 Å². The van der Waals surface area contributed by atoms with Crippen molar-refractivity contribution in [2.45, 2.75) is 38.7 Å². The maximum absolute atomic E-state index is 13.2. The monoisotopic (exact) mass is 399 g/mol. The molecule has 0 saturated carbocycles. The lowest BCUT2D eigenvalue weighted by molar-refractivity contribution is -0.143. The third-order valence-corrected chi connectivity index (χ3v) is 3.73. The van der Waals surface area contributed by atoms with E-state index in [1.54, 1.807) is 20.8 Å². The van der Waals surface area contributed by atoms with Crippen LogP contribution in [0.3, 0.4) is 0 Å². The van der Waals surface area contributed by atoms with E-state index in [0.29, 0.717) is 6.20 Å². The van der Waals surface area contributed by atoms with E-state index >= 15 is 0 Å². The molecule has 1 aliphatic rings. The largest absolute Gasteiger partial charge is 0.444 e. The molecular weight excluding hydrogens is 380 g/mol. The number of amides is 1. The molecule has 0 unspecified atom stereocenters. The number of anilines is 1. The maximum atomic E-state index is 13.2. The predicted octanol–water partition coefficient (Wildman–Crippen LogP) is 4.18. The highest BCUT2D eigenvalue weighted by atomic mass is 19.4. The number of rotatable bonds is 1. The van der Waals surface area contributed by atoms with Crippen LogP contribution in [0.15, 0.2) is 12.3 Å². The van der Waals surface area contributed by atoms with Crippen LogP contribution < -0.4 is 4.90 Å². The summed E-state index contributed by atoms with van der Waals surface area (Å²) in [6.45, 7) is 5.15. The molecule has 0 atom stereocenters. The molecule has 1 fully saturated rings. The molecule has 0 aromatic carbocycles. The van der Waals surface area contributed by atoms with Gasteiger partial charge in [-0.05, 0) is 26.8 Å². The molecule has 2 rings (SSSR count). The molecule has 1 aromatic rings. The van der Waals surface area contributed by atoms with Crippen LogP contribution in [0.5, 0.6) is 0 Å². The molecule has 1 aromatic heterocycles. The van der Waals surface area contributed by atoms with E-state index in [9.17, 15) is 31.1 Å². The second-order valence-corrected chi connectivity index (χ2v) is 7.05. The molecule has 0 radical (unpaired) electrons. The Morgan fingerprint density at radius 2 is 1.56 bits per heavy atom. The Morgan fingerprint density at radius 1 is 1.00 bits per heavy atom. The summed E-state index contributed by atoms with van der Waals surface area (Å²) in [7, 11) is 0. The van der Waals surface area contributed by atoms with Crippen LogP contribution in [-0.2, 0) is 17.1 Å². The second kappa shape index (κ2) is 7.08. The molecule has 0 bridgehead atoms. The lowest BCUT2D eigenvalue weighted by Gasteiger charge is -2.37. The molecule has 0 aliphatic carbocycles. The van der Waals surface area contributed by atoms with Crippen molar-refractivity contribution in [3.05, 3.63) is 23.4 Å². The van der Waals surface area contributed by atoms with Crippen LogP contribution in [-0.4, -0.2) is 47.8 Å². The number of halogens is 6. The number of hydrogen-bond donors (Lipinski definition) is 0. The fourth-order valence-electron chi connectivity index (χ4n) is 2.50. The highest BCUT2D eigenvalue weighted by Gasteiger charge is 2.40. The smallest absolute Gasteiger partial charge is 0.419 e. The number of pyridine rings is 1. The molecule has 2 heterocycles. The van der Waals surface area contributed by atoms with Gasteiger partial charge in [0, 0.05) is 32.4 Å². The van der Waals surface area contributed by atoms with E-state index in [1.165, 1.54) is 9.80 Å². The van der Waals surface area contributed by atoms with E-state index in [4.69, 9.17) is 4.74 Å². The van der Waals surface area contributed by atoms with Crippen molar-refractivity contribution in [1.82, 2.24) is 9.88 Å². The minimum atomic E-state index is -4.99. The zero-order valence-corrected chi connectivity index (χ0v) is 14.9. The van der Waals surface area contributed by atoms with Crippen molar-refractivity contribution in [3.63, 3.8) is 0 Å². The van der Waals surface area contributed by atoms with Gasteiger partial charge in [-0.15, -0.1) is 0 Å². The summed E-state index contributed by atoms with van der Waals surface area (Å²) in [6, 6.07) is 0.0581. The van der Waals surface area contributed by atoms with Gasteiger partial charge in [0.05, 0.1) is 11.1 Å². The van der Waals surface area contributed by atoms with Gasteiger partial charge < -0.3 is 14.5 Å². The van der Waals surface area contributed by atoms with E-state index in [1.807, 2.05) is 0 Å². The number of ether oxygens (including phenoxy) is 1. The Morgan fingerprint density at radius 3 is 2.00 bits per heavy atom. The molecule has 0 N–H and O–H groups in total. The first-order valence-corrected chi connectivity index (χ1v) is 8.06. The standard InChI is InChI=1S/C16H19F6N3O2/c1-14(2,3)27-13(26)25-6-4-24(5-7-25)12-11(16(20,21)22)8-10(9-23-12)15(17,18)19/h8-9H,4-7H2,1-3H3. The molecule has 1 aliphatic heterocycles. The highest BCUT2D eigenvalue weighted by Crippen LogP contribution is 2.39. The average Bonchev–Trinajstić information content (AvgIpc) is 2.51. The number of aromatic nitrogens is 1. The summed E-state index contributed by atoms with van der Waals surface area (Å²) >= 11 is 0. The van der Waals surface area contributed by atoms with Crippen molar-refractivity contribution in [3.8, 4) is 0 Å². The zero-order chi connectivity index (χ0) is 20.6. The number of carbonyl (C=O) groups is 1. The summed E-state index contributed by atoms with van der Waals surface area (Å²) in [5.41, 5.74) is -3.64. The summed E-state index contributed by atoms with van der Waals surface area (Å²) in [5, 5.41) is 0. The molecule has 0 spiro atoms. The predicted molar refractivity (Wildman–Crippen MR) is 84.3 cm³/mol. The Labute approximate surface area is 151 Å². The molecule has 1 saturated heterocycles. The lowest BCUT2D eigenvalue weighted by Crippen LogP contribution is -2.50. The molecule has 11 heteroatoms. The van der Waals surface area contributed by atoms with Gasteiger partial charge in [-0.2, -0.15) is 26.3 Å². The van der Waals surface area contributed by atoms with Gasteiger partial charge >= 0.3 is 18.4 Å². The van der Waals surface area contributed by atoms with Crippen LogP contribution in [0.2, 0.25) is 0 Å². The third-order valence-electron chi connectivity index (χ3n) is 3.73. The summed E-state index contributed by atoms with van der Waals surface area (Å²) in [6.07, 6.45) is -10.1. The molecule has 27 heavy (non-hydrogen) atoms. The zero-order valence-electron chi connectivity index (χ0n) is 14.9. The molecule has 5 nitrogen and oxygen atoms in total. The quantitative estimate of drug-likeness (QED) is 0.665. The minimum Gasteiger partial charge on any atom is -0.444 e. The maximum Gasteiger partial charge on any atom is 0.419 e. The van der Waals surface area contributed by atoms with Crippen molar-refractivity contribution in [2.24, 2.45) is 0 Å². The molecule has 1 amide bonds. The van der Waals surface area contributed by atoms with Gasteiger partial charge in [0.2, 0.25) is 0 Å². The minimum absolute atomic E-state index is 0.0132. The van der Waals surface area contributed by atoms with Crippen molar-refractivity contribution in [2.75, 3.05) is 31.1 Å². The van der Waals surface area contributed by atoms with Crippen LogP contribution in [0, 0.1) is 0 Å². The van der Waals surface area contributed by atoms with Crippen LogP contribution in [0.25, 0.3) is 0 Å². The van der Waals surface area contributed by atoms with Gasteiger partial charge in [-0.3, -0.25) is 0 Å². The van der Waals surface area contributed by atoms with Gasteiger partial charge in [-0.1, -0.05) is 0 Å². The molecular formula is C16H19F6N3O2. The normalized spacial score (nSPS) is 16.5. The number of hydrogen-bond acceptors (Lipinski definition) is 4. The van der Waals surface area contributed by atoms with Crippen LogP contribution >= 0.6 is 0 Å². The Kier molecular flexibility index (Phi) is 5.53. The number of piperazine rings is 1. The van der Waals surface area contributed by atoms with Gasteiger partial charge in [0.15, 0.2) is 0 Å². The van der Waals surface area contributed by atoms with E-state index < -0.39 is 41.0 Å². The van der Waals surface area contributed by atoms with Crippen molar-refractivity contribution in [1.29, 1.82) is 0 Å². The SMILES string of the molecule is CC(C)(C)OC(=O)N1CCN(c2ncc(C(F)(F)F)cc2C(F)(F)F)CC1. The first-order valence-electron chi connectivity index (χ1n) is 8.06. The average molecular weight is 399 g/mol. The number of nitrogens with zero attached hydrogens (tertiary/aromatic N) is 3.